The molecule has 0 amide bonds. The quantitative estimate of drug-likeness (QED) is 0.415. The van der Waals surface area contributed by atoms with Crippen LogP contribution in [0.5, 0.6) is 5.75 Å². The Hall–Kier alpha value is -2.27. The SMILES string of the molecule is CC(=O)c1cccc(OCCC/C=C/C#CC2=CCCCC2)c1. The van der Waals surface area contributed by atoms with Gasteiger partial charge in [0.2, 0.25) is 0 Å². The lowest BCUT2D eigenvalue weighted by Gasteiger charge is -2.06. The summed E-state index contributed by atoms with van der Waals surface area (Å²) in [5.41, 5.74) is 1.98. The van der Waals surface area contributed by atoms with E-state index in [2.05, 4.69) is 24.0 Å². The van der Waals surface area contributed by atoms with Crippen LogP contribution in [0.25, 0.3) is 0 Å². The maximum Gasteiger partial charge on any atom is 0.159 e. The molecule has 120 valence electrons. The molecular formula is C21H24O2. The Morgan fingerprint density at radius 2 is 2.26 bits per heavy atom. The van der Waals surface area contributed by atoms with Gasteiger partial charge in [-0.15, -0.1) is 0 Å². The van der Waals surface area contributed by atoms with Gasteiger partial charge in [-0.2, -0.15) is 0 Å². The maximum atomic E-state index is 11.3. The van der Waals surface area contributed by atoms with Crippen molar-refractivity contribution in [2.45, 2.75) is 45.4 Å². The lowest BCUT2D eigenvalue weighted by Crippen LogP contribution is -1.98. The number of unbranched alkanes of at least 4 members (excludes halogenated alkanes) is 1. The zero-order valence-corrected chi connectivity index (χ0v) is 13.8. The highest BCUT2D eigenvalue weighted by Gasteiger charge is 2.01. The number of hydrogen-bond donors (Lipinski definition) is 0. The summed E-state index contributed by atoms with van der Waals surface area (Å²) in [7, 11) is 0. The molecule has 0 heterocycles. The van der Waals surface area contributed by atoms with Crippen molar-refractivity contribution in [3.8, 4) is 17.6 Å². The third-order valence-corrected chi connectivity index (χ3v) is 3.75. The first kappa shape index (κ1) is 17.1. The second-order valence-corrected chi connectivity index (χ2v) is 5.72. The maximum absolute atomic E-state index is 11.3. The largest absolute Gasteiger partial charge is 0.494 e. The van der Waals surface area contributed by atoms with Crippen molar-refractivity contribution >= 4 is 5.78 Å². The Morgan fingerprint density at radius 1 is 1.35 bits per heavy atom. The summed E-state index contributed by atoms with van der Waals surface area (Å²) in [5, 5.41) is 0. The molecule has 1 aliphatic rings. The average Bonchev–Trinajstić information content (AvgIpc) is 2.58. The number of ether oxygens (including phenoxy) is 1. The van der Waals surface area contributed by atoms with Crippen LogP contribution >= 0.6 is 0 Å². The van der Waals surface area contributed by atoms with Gasteiger partial charge in [-0.3, -0.25) is 4.79 Å². The Bertz CT molecular complexity index is 641. The molecule has 0 fully saturated rings. The summed E-state index contributed by atoms with van der Waals surface area (Å²) in [5.74, 6) is 7.14. The van der Waals surface area contributed by atoms with Crippen molar-refractivity contribution < 1.29 is 9.53 Å². The zero-order chi connectivity index (χ0) is 16.3. The monoisotopic (exact) mass is 308 g/mol. The van der Waals surface area contributed by atoms with Gasteiger partial charge >= 0.3 is 0 Å². The number of ketones is 1. The molecule has 1 aromatic carbocycles. The van der Waals surface area contributed by atoms with Crippen molar-refractivity contribution in [3.05, 3.63) is 53.6 Å². The normalized spacial score (nSPS) is 14.0. The predicted molar refractivity (Wildman–Crippen MR) is 94.6 cm³/mol. The topological polar surface area (TPSA) is 26.3 Å². The van der Waals surface area contributed by atoms with Gasteiger partial charge in [0, 0.05) is 5.56 Å². The fourth-order valence-corrected chi connectivity index (χ4v) is 2.42. The molecule has 1 aromatic rings. The molecule has 0 unspecified atom stereocenters. The Balaban J connectivity index is 1.65. The van der Waals surface area contributed by atoms with Gasteiger partial charge in [0.1, 0.15) is 5.75 Å². The van der Waals surface area contributed by atoms with Gasteiger partial charge in [-0.1, -0.05) is 36.1 Å². The van der Waals surface area contributed by atoms with Crippen molar-refractivity contribution in [2.24, 2.45) is 0 Å². The molecule has 0 N–H and O–H groups in total. The summed E-state index contributed by atoms with van der Waals surface area (Å²) < 4.78 is 5.67. The Labute approximate surface area is 139 Å². The highest BCUT2D eigenvalue weighted by Crippen LogP contribution is 2.16. The third-order valence-electron chi connectivity index (χ3n) is 3.75. The Morgan fingerprint density at radius 3 is 3.04 bits per heavy atom. The average molecular weight is 308 g/mol. The summed E-state index contributed by atoms with van der Waals surface area (Å²) in [6.45, 7) is 2.21. The first-order valence-electron chi connectivity index (χ1n) is 8.35. The third kappa shape index (κ3) is 6.57. The van der Waals surface area contributed by atoms with Gasteiger partial charge in [0.05, 0.1) is 6.61 Å². The van der Waals surface area contributed by atoms with Gasteiger partial charge < -0.3 is 4.74 Å². The van der Waals surface area contributed by atoms with Crippen molar-refractivity contribution in [3.63, 3.8) is 0 Å². The fourth-order valence-electron chi connectivity index (χ4n) is 2.42. The minimum absolute atomic E-state index is 0.0602. The molecular weight excluding hydrogens is 284 g/mol. The van der Waals surface area contributed by atoms with Crippen LogP contribution in [-0.2, 0) is 0 Å². The zero-order valence-electron chi connectivity index (χ0n) is 13.8. The number of hydrogen-bond acceptors (Lipinski definition) is 2. The molecule has 1 aliphatic carbocycles. The molecule has 0 radical (unpaired) electrons. The van der Waals surface area contributed by atoms with E-state index >= 15 is 0 Å². The number of carbonyl (C=O) groups is 1. The highest BCUT2D eigenvalue weighted by atomic mass is 16.5. The van der Waals surface area contributed by atoms with E-state index in [4.69, 9.17) is 4.74 Å². The van der Waals surface area contributed by atoms with Crippen molar-refractivity contribution in [1.29, 1.82) is 0 Å². The first-order chi connectivity index (χ1) is 11.3. The first-order valence-corrected chi connectivity index (χ1v) is 8.35. The summed E-state index contributed by atoms with van der Waals surface area (Å²) in [4.78, 5) is 11.3. The molecule has 2 nitrogen and oxygen atoms in total. The second kappa shape index (κ2) is 9.69. The molecule has 0 atom stereocenters. The van der Waals surface area contributed by atoms with Gasteiger partial charge in [-0.05, 0) is 69.2 Å². The lowest BCUT2D eigenvalue weighted by atomic mass is 10.0. The van der Waals surface area contributed by atoms with Gasteiger partial charge in [0.15, 0.2) is 5.78 Å². The van der Waals surface area contributed by atoms with Crippen LogP contribution < -0.4 is 4.74 Å². The Kier molecular flexibility index (Phi) is 7.20. The van der Waals surface area contributed by atoms with Crippen LogP contribution in [0, 0.1) is 11.8 Å². The second-order valence-electron chi connectivity index (χ2n) is 5.72. The smallest absolute Gasteiger partial charge is 0.159 e. The van der Waals surface area contributed by atoms with E-state index in [9.17, 15) is 4.79 Å². The van der Waals surface area contributed by atoms with Crippen molar-refractivity contribution in [1.82, 2.24) is 0 Å². The highest BCUT2D eigenvalue weighted by molar-refractivity contribution is 5.94. The minimum Gasteiger partial charge on any atom is -0.494 e. The van der Waals surface area contributed by atoms with E-state index in [1.165, 1.54) is 24.8 Å². The number of benzene rings is 1. The number of allylic oxidation sites excluding steroid dienone is 4. The fraction of sp³-hybridized carbons (Fsp3) is 0.381. The molecule has 0 saturated carbocycles. The van der Waals surface area contributed by atoms with Crippen molar-refractivity contribution in [2.75, 3.05) is 6.61 Å². The molecule has 0 aromatic heterocycles. The van der Waals surface area contributed by atoms with Crippen LogP contribution in [-0.4, -0.2) is 12.4 Å². The van der Waals surface area contributed by atoms with E-state index in [0.717, 1.165) is 25.0 Å². The van der Waals surface area contributed by atoms with E-state index in [1.54, 1.807) is 19.1 Å². The molecule has 0 spiro atoms. The van der Waals surface area contributed by atoms with E-state index in [0.29, 0.717) is 12.2 Å². The van der Waals surface area contributed by atoms with Crippen LogP contribution in [0.15, 0.2) is 48.1 Å². The summed E-state index contributed by atoms with van der Waals surface area (Å²) in [6, 6.07) is 7.33. The predicted octanol–water partition coefficient (Wildman–Crippen LogP) is 5.11. The van der Waals surface area contributed by atoms with Gasteiger partial charge in [-0.25, -0.2) is 0 Å². The molecule has 0 saturated heterocycles. The van der Waals surface area contributed by atoms with Crippen LogP contribution in [0.3, 0.4) is 0 Å². The number of rotatable bonds is 6. The molecule has 2 rings (SSSR count). The van der Waals surface area contributed by atoms with E-state index in [-0.39, 0.29) is 5.78 Å². The molecule has 2 heteroatoms. The van der Waals surface area contributed by atoms with Crippen LogP contribution in [0.1, 0.15) is 55.8 Å². The lowest BCUT2D eigenvalue weighted by molar-refractivity contribution is 0.101. The standard InChI is InChI=1S/C21H24O2/c1-18(22)20-14-10-15-21(17-20)23-16-9-4-2-3-6-11-19-12-7-5-8-13-19/h2-3,10,12,14-15,17H,4-5,7-9,13,16H2,1H3/b3-2+. The van der Waals surface area contributed by atoms with Crippen LogP contribution in [0.4, 0.5) is 0 Å². The number of Topliss-reactive ketones (excluding diaryl/α,β-unsaturated/α-hetero) is 1. The van der Waals surface area contributed by atoms with Crippen LogP contribution in [0.2, 0.25) is 0 Å². The number of carbonyl (C=O) groups excluding carboxylic acids is 1. The van der Waals surface area contributed by atoms with E-state index < -0.39 is 0 Å². The summed E-state index contributed by atoms with van der Waals surface area (Å²) >= 11 is 0. The summed E-state index contributed by atoms with van der Waals surface area (Å²) in [6.07, 6.45) is 13.0. The molecule has 23 heavy (non-hydrogen) atoms. The molecule has 0 aliphatic heterocycles. The van der Waals surface area contributed by atoms with Gasteiger partial charge in [0.25, 0.3) is 0 Å². The van der Waals surface area contributed by atoms with E-state index in [1.807, 2.05) is 18.2 Å². The minimum atomic E-state index is 0.0602. The molecule has 0 bridgehead atoms.